The summed E-state index contributed by atoms with van der Waals surface area (Å²) in [5, 5.41) is 14.3. The Balaban J connectivity index is 2.86. The van der Waals surface area contributed by atoms with Crippen molar-refractivity contribution in [2.75, 3.05) is 6.61 Å². The maximum atomic E-state index is 10.3. The van der Waals surface area contributed by atoms with Crippen LogP contribution < -0.4 is 10.1 Å². The van der Waals surface area contributed by atoms with Crippen molar-refractivity contribution in [1.82, 2.24) is 5.32 Å². The van der Waals surface area contributed by atoms with Crippen LogP contribution in [0, 0.1) is 5.92 Å². The van der Waals surface area contributed by atoms with E-state index in [1.807, 2.05) is 32.0 Å². The van der Waals surface area contributed by atoms with E-state index >= 15 is 0 Å². The van der Waals surface area contributed by atoms with Gasteiger partial charge in [0.1, 0.15) is 12.4 Å². The summed E-state index contributed by atoms with van der Waals surface area (Å²) in [6, 6.07) is 5.71. The van der Waals surface area contributed by atoms with Crippen molar-refractivity contribution in [3.05, 3.63) is 28.8 Å². The second-order valence-electron chi connectivity index (χ2n) is 7.13. The van der Waals surface area contributed by atoms with Gasteiger partial charge in [-0.05, 0) is 39.7 Å². The molecule has 120 valence electrons. The minimum Gasteiger partial charge on any atom is -0.489 e. The predicted molar refractivity (Wildman–Crippen MR) is 89.0 cm³/mol. The number of hydrogen-bond donors (Lipinski definition) is 2. The standard InChI is InChI=1S/C17H28ClNO2/c1-12(2)17(6,20)11-21-15-13(8-7-9-14(15)18)10-19-16(3,4)5/h7-9,12,19-20H,10-11H2,1-6H3. The van der Waals surface area contributed by atoms with E-state index in [1.54, 1.807) is 6.92 Å². The molecule has 4 heteroatoms. The highest BCUT2D eigenvalue weighted by atomic mass is 35.5. The second-order valence-corrected chi connectivity index (χ2v) is 7.54. The van der Waals surface area contributed by atoms with E-state index in [1.165, 1.54) is 0 Å². The highest BCUT2D eigenvalue weighted by Gasteiger charge is 2.26. The Kier molecular flexibility index (Phi) is 6.09. The van der Waals surface area contributed by atoms with Gasteiger partial charge < -0.3 is 15.2 Å². The highest BCUT2D eigenvalue weighted by molar-refractivity contribution is 6.32. The quantitative estimate of drug-likeness (QED) is 0.833. The Hall–Kier alpha value is -0.770. The number of halogens is 1. The van der Waals surface area contributed by atoms with Crippen molar-refractivity contribution >= 4 is 11.6 Å². The van der Waals surface area contributed by atoms with Gasteiger partial charge in [0.2, 0.25) is 0 Å². The number of benzene rings is 1. The summed E-state index contributed by atoms with van der Waals surface area (Å²) in [7, 11) is 0. The van der Waals surface area contributed by atoms with E-state index in [0.29, 0.717) is 17.3 Å². The topological polar surface area (TPSA) is 41.5 Å². The predicted octanol–water partition coefficient (Wildman–Crippen LogP) is 4.01. The molecule has 21 heavy (non-hydrogen) atoms. The summed E-state index contributed by atoms with van der Waals surface area (Å²) in [5.74, 6) is 0.757. The summed E-state index contributed by atoms with van der Waals surface area (Å²) in [4.78, 5) is 0. The van der Waals surface area contributed by atoms with Gasteiger partial charge in [-0.2, -0.15) is 0 Å². The molecule has 0 aliphatic carbocycles. The van der Waals surface area contributed by atoms with E-state index in [2.05, 4.69) is 26.1 Å². The number of nitrogens with one attached hydrogen (secondary N) is 1. The van der Waals surface area contributed by atoms with Gasteiger partial charge in [-0.15, -0.1) is 0 Å². The molecule has 0 bridgehead atoms. The van der Waals surface area contributed by atoms with Crippen molar-refractivity contribution in [3.63, 3.8) is 0 Å². The van der Waals surface area contributed by atoms with Crippen molar-refractivity contribution in [2.24, 2.45) is 5.92 Å². The zero-order valence-corrected chi connectivity index (χ0v) is 14.7. The van der Waals surface area contributed by atoms with Crippen molar-refractivity contribution in [2.45, 2.75) is 59.2 Å². The van der Waals surface area contributed by atoms with Gasteiger partial charge in [0.05, 0.1) is 10.6 Å². The minimum absolute atomic E-state index is 0.0169. The molecule has 1 unspecified atom stereocenters. The molecule has 0 aliphatic rings. The largest absolute Gasteiger partial charge is 0.489 e. The molecule has 3 nitrogen and oxygen atoms in total. The number of rotatable bonds is 6. The Morgan fingerprint density at radius 2 is 1.86 bits per heavy atom. The van der Waals surface area contributed by atoms with Crippen molar-refractivity contribution < 1.29 is 9.84 Å². The Bertz CT molecular complexity index is 464. The SMILES string of the molecule is CC(C)C(C)(O)COc1c(Cl)cccc1CNC(C)(C)C. The van der Waals surface area contributed by atoms with Crippen LogP contribution in [0.2, 0.25) is 5.02 Å². The molecule has 0 radical (unpaired) electrons. The van der Waals surface area contributed by atoms with E-state index in [9.17, 15) is 5.11 Å². The third-order valence-electron chi connectivity index (χ3n) is 3.61. The second kappa shape index (κ2) is 6.99. The average molecular weight is 314 g/mol. The first-order valence-corrected chi connectivity index (χ1v) is 7.78. The molecular formula is C17H28ClNO2. The van der Waals surface area contributed by atoms with Crippen LogP contribution in [0.25, 0.3) is 0 Å². The molecule has 0 heterocycles. The zero-order valence-electron chi connectivity index (χ0n) is 14.0. The molecule has 1 rings (SSSR count). The molecule has 1 aromatic rings. The Morgan fingerprint density at radius 1 is 1.24 bits per heavy atom. The highest BCUT2D eigenvalue weighted by Crippen LogP contribution is 2.30. The van der Waals surface area contributed by atoms with E-state index < -0.39 is 5.60 Å². The Labute approximate surface area is 133 Å². The fraction of sp³-hybridized carbons (Fsp3) is 0.647. The molecule has 0 aliphatic heterocycles. The fourth-order valence-corrected chi connectivity index (χ4v) is 1.85. The molecule has 0 fully saturated rings. The van der Waals surface area contributed by atoms with E-state index in [0.717, 1.165) is 5.56 Å². The molecule has 0 saturated heterocycles. The van der Waals surface area contributed by atoms with Gasteiger partial charge in [0.25, 0.3) is 0 Å². The maximum absolute atomic E-state index is 10.3. The molecule has 0 amide bonds. The lowest BCUT2D eigenvalue weighted by Crippen LogP contribution is -2.38. The summed E-state index contributed by atoms with van der Waals surface area (Å²) in [6.45, 7) is 12.9. The summed E-state index contributed by atoms with van der Waals surface area (Å²) >= 11 is 6.25. The Morgan fingerprint density at radius 3 is 2.38 bits per heavy atom. The van der Waals surface area contributed by atoms with Crippen LogP contribution in [-0.4, -0.2) is 22.9 Å². The van der Waals surface area contributed by atoms with Crippen molar-refractivity contribution in [3.8, 4) is 5.75 Å². The first kappa shape index (κ1) is 18.3. The van der Waals surface area contributed by atoms with Crippen LogP contribution in [0.1, 0.15) is 47.1 Å². The first-order chi connectivity index (χ1) is 9.53. The molecule has 2 N–H and O–H groups in total. The van der Waals surface area contributed by atoms with Crippen LogP contribution in [0.15, 0.2) is 18.2 Å². The van der Waals surface area contributed by atoms with Crippen LogP contribution in [-0.2, 0) is 6.54 Å². The van der Waals surface area contributed by atoms with Crippen LogP contribution in [0.3, 0.4) is 0 Å². The number of para-hydroxylation sites is 1. The molecular weight excluding hydrogens is 286 g/mol. The van der Waals surface area contributed by atoms with Crippen LogP contribution in [0.5, 0.6) is 5.75 Å². The van der Waals surface area contributed by atoms with Gasteiger partial charge in [0, 0.05) is 17.6 Å². The maximum Gasteiger partial charge on any atom is 0.142 e. The molecule has 0 spiro atoms. The lowest BCUT2D eigenvalue weighted by atomic mass is 9.94. The lowest BCUT2D eigenvalue weighted by molar-refractivity contribution is -0.0268. The van der Waals surface area contributed by atoms with Crippen LogP contribution >= 0.6 is 11.6 Å². The summed E-state index contributed by atoms with van der Waals surface area (Å²) in [5.41, 5.74) is 0.133. The summed E-state index contributed by atoms with van der Waals surface area (Å²) in [6.07, 6.45) is 0. The third kappa shape index (κ3) is 5.85. The van der Waals surface area contributed by atoms with Gasteiger partial charge in [0.15, 0.2) is 0 Å². The van der Waals surface area contributed by atoms with Gasteiger partial charge in [-0.3, -0.25) is 0 Å². The lowest BCUT2D eigenvalue weighted by Gasteiger charge is -2.28. The molecule has 0 saturated carbocycles. The third-order valence-corrected chi connectivity index (χ3v) is 3.91. The average Bonchev–Trinajstić information content (AvgIpc) is 2.34. The number of hydrogen-bond acceptors (Lipinski definition) is 3. The van der Waals surface area contributed by atoms with Crippen LogP contribution in [0.4, 0.5) is 0 Å². The minimum atomic E-state index is -0.881. The smallest absolute Gasteiger partial charge is 0.142 e. The zero-order chi connectivity index (χ0) is 16.3. The van der Waals surface area contributed by atoms with Crippen molar-refractivity contribution in [1.29, 1.82) is 0 Å². The normalized spacial score (nSPS) is 15.1. The first-order valence-electron chi connectivity index (χ1n) is 7.40. The van der Waals surface area contributed by atoms with Gasteiger partial charge >= 0.3 is 0 Å². The van der Waals surface area contributed by atoms with Gasteiger partial charge in [-0.25, -0.2) is 0 Å². The summed E-state index contributed by atoms with van der Waals surface area (Å²) < 4.78 is 5.84. The van der Waals surface area contributed by atoms with Gasteiger partial charge in [-0.1, -0.05) is 37.6 Å². The number of aliphatic hydroxyl groups is 1. The number of ether oxygens (including phenoxy) is 1. The monoisotopic (exact) mass is 313 g/mol. The molecule has 0 aromatic heterocycles. The van der Waals surface area contributed by atoms with E-state index in [-0.39, 0.29) is 18.1 Å². The van der Waals surface area contributed by atoms with E-state index in [4.69, 9.17) is 16.3 Å². The molecule has 1 aromatic carbocycles. The fourth-order valence-electron chi connectivity index (χ4n) is 1.60. The molecule has 1 atom stereocenters.